The van der Waals surface area contributed by atoms with Crippen LogP contribution in [0.3, 0.4) is 0 Å². The number of hydrogen-bond donors (Lipinski definition) is 0. The topological polar surface area (TPSA) is 50.3 Å². The van der Waals surface area contributed by atoms with Crippen LogP contribution >= 0.6 is 11.3 Å². The van der Waals surface area contributed by atoms with Crippen molar-refractivity contribution >= 4 is 38.4 Å². The molecule has 0 atom stereocenters. The largest absolute Gasteiger partial charge is 0.295 e. The average Bonchev–Trinajstić information content (AvgIpc) is 3.15. The van der Waals surface area contributed by atoms with Crippen molar-refractivity contribution < 1.29 is 14.0 Å². The summed E-state index contributed by atoms with van der Waals surface area (Å²) in [6, 6.07) is 20.6. The molecule has 0 N–H and O–H groups in total. The summed E-state index contributed by atoms with van der Waals surface area (Å²) in [7, 11) is 0. The van der Waals surface area contributed by atoms with Gasteiger partial charge in [0.2, 0.25) is 0 Å². The maximum Gasteiger partial charge on any atom is 0.260 e. The van der Waals surface area contributed by atoms with Crippen LogP contribution in [-0.2, 0) is 6.54 Å². The minimum Gasteiger partial charge on any atom is -0.295 e. The molecule has 4 nitrogen and oxygen atoms in total. The van der Waals surface area contributed by atoms with E-state index < -0.39 is 0 Å². The SMILES string of the molecule is CC(=O)c1ccc(C(=O)N(Cc2ccccc2)c2nc3ccc(F)cc3s2)cc1. The lowest BCUT2D eigenvalue weighted by molar-refractivity contribution is 0.0981. The van der Waals surface area contributed by atoms with E-state index in [1.165, 1.54) is 30.4 Å². The number of aromatic nitrogens is 1. The number of fused-ring (bicyclic) bond motifs is 1. The second kappa shape index (κ2) is 7.93. The fourth-order valence-corrected chi connectivity index (χ4v) is 3.99. The van der Waals surface area contributed by atoms with Gasteiger partial charge in [-0.3, -0.25) is 14.5 Å². The smallest absolute Gasteiger partial charge is 0.260 e. The zero-order valence-electron chi connectivity index (χ0n) is 15.6. The number of nitrogens with zero attached hydrogens (tertiary/aromatic N) is 2. The van der Waals surface area contributed by atoms with E-state index in [1.807, 2.05) is 30.3 Å². The lowest BCUT2D eigenvalue weighted by Crippen LogP contribution is -2.30. The summed E-state index contributed by atoms with van der Waals surface area (Å²) in [5, 5.41) is 0.495. The lowest BCUT2D eigenvalue weighted by atomic mass is 10.1. The summed E-state index contributed by atoms with van der Waals surface area (Å²) >= 11 is 1.27. The molecule has 144 valence electrons. The minimum atomic E-state index is -0.339. The number of carbonyl (C=O) groups excluding carboxylic acids is 2. The number of thiazole rings is 1. The van der Waals surface area contributed by atoms with E-state index >= 15 is 0 Å². The molecule has 3 aromatic carbocycles. The van der Waals surface area contributed by atoms with E-state index in [0.29, 0.717) is 33.0 Å². The van der Waals surface area contributed by atoms with E-state index in [-0.39, 0.29) is 17.5 Å². The van der Waals surface area contributed by atoms with Gasteiger partial charge >= 0.3 is 0 Å². The van der Waals surface area contributed by atoms with Gasteiger partial charge in [0.15, 0.2) is 10.9 Å². The maximum absolute atomic E-state index is 13.6. The monoisotopic (exact) mass is 404 g/mol. The van der Waals surface area contributed by atoms with Crippen molar-refractivity contribution in [1.29, 1.82) is 0 Å². The summed E-state index contributed by atoms with van der Waals surface area (Å²) in [6.07, 6.45) is 0. The molecule has 0 aliphatic carbocycles. The third kappa shape index (κ3) is 4.07. The molecule has 0 bridgehead atoms. The van der Waals surface area contributed by atoms with Gasteiger partial charge in [0.05, 0.1) is 16.8 Å². The molecule has 4 aromatic rings. The Labute approximate surface area is 171 Å². The third-order valence-corrected chi connectivity index (χ3v) is 5.58. The maximum atomic E-state index is 13.6. The van der Waals surface area contributed by atoms with Crippen molar-refractivity contribution in [2.24, 2.45) is 0 Å². The highest BCUT2D eigenvalue weighted by atomic mass is 32.1. The number of ketones is 1. The first-order valence-electron chi connectivity index (χ1n) is 9.04. The molecule has 4 rings (SSSR count). The van der Waals surface area contributed by atoms with Gasteiger partial charge in [-0.05, 0) is 42.8 Å². The Balaban J connectivity index is 1.74. The molecular weight excluding hydrogens is 387 g/mol. The van der Waals surface area contributed by atoms with Crippen LogP contribution in [0.15, 0.2) is 72.8 Å². The minimum absolute atomic E-state index is 0.0571. The normalized spacial score (nSPS) is 10.8. The Kier molecular flexibility index (Phi) is 5.18. The molecule has 0 unspecified atom stereocenters. The molecule has 1 aromatic heterocycles. The molecule has 0 saturated carbocycles. The molecule has 0 aliphatic rings. The van der Waals surface area contributed by atoms with E-state index in [1.54, 1.807) is 35.2 Å². The van der Waals surface area contributed by atoms with Crippen LogP contribution in [0.4, 0.5) is 9.52 Å². The first-order valence-corrected chi connectivity index (χ1v) is 9.86. The Morgan fingerprint density at radius 2 is 1.66 bits per heavy atom. The zero-order chi connectivity index (χ0) is 20.4. The van der Waals surface area contributed by atoms with Crippen molar-refractivity contribution in [2.75, 3.05) is 4.90 Å². The number of benzene rings is 3. The number of hydrogen-bond acceptors (Lipinski definition) is 4. The standard InChI is InChI=1S/C23H17FN2O2S/c1-15(27)17-7-9-18(10-8-17)22(28)26(14-16-5-3-2-4-6-16)23-25-20-12-11-19(24)13-21(20)29-23/h2-13H,14H2,1H3. The van der Waals surface area contributed by atoms with Gasteiger partial charge < -0.3 is 0 Å². The number of halogens is 1. The second-order valence-electron chi connectivity index (χ2n) is 6.62. The van der Waals surface area contributed by atoms with Gasteiger partial charge in [-0.1, -0.05) is 53.8 Å². The lowest BCUT2D eigenvalue weighted by Gasteiger charge is -2.20. The molecular formula is C23H17FN2O2S. The van der Waals surface area contributed by atoms with Crippen LogP contribution in [0, 0.1) is 5.82 Å². The summed E-state index contributed by atoms with van der Waals surface area (Å²) < 4.78 is 14.3. The predicted octanol–water partition coefficient (Wildman–Crippen LogP) is 5.49. The molecule has 0 aliphatic heterocycles. The van der Waals surface area contributed by atoms with Gasteiger partial charge in [0.1, 0.15) is 5.82 Å². The molecule has 0 fully saturated rings. The van der Waals surface area contributed by atoms with E-state index in [0.717, 1.165) is 5.56 Å². The Hall–Kier alpha value is -3.38. The number of carbonyl (C=O) groups is 2. The molecule has 1 amide bonds. The quantitative estimate of drug-likeness (QED) is 0.414. The highest BCUT2D eigenvalue weighted by molar-refractivity contribution is 7.22. The first kappa shape index (κ1) is 19.0. The van der Waals surface area contributed by atoms with E-state index in [2.05, 4.69) is 4.98 Å². The van der Waals surface area contributed by atoms with E-state index in [9.17, 15) is 14.0 Å². The van der Waals surface area contributed by atoms with E-state index in [4.69, 9.17) is 0 Å². The molecule has 29 heavy (non-hydrogen) atoms. The second-order valence-corrected chi connectivity index (χ2v) is 7.63. The van der Waals surface area contributed by atoms with Gasteiger partial charge in [0.25, 0.3) is 5.91 Å². The van der Waals surface area contributed by atoms with Crippen molar-refractivity contribution in [3.05, 3.63) is 95.3 Å². The number of Topliss-reactive ketones (excluding diaryl/α,β-unsaturated/α-hetero) is 1. The summed E-state index contributed by atoms with van der Waals surface area (Å²) in [5.74, 6) is -0.629. The first-order chi connectivity index (χ1) is 14.0. The zero-order valence-corrected chi connectivity index (χ0v) is 16.4. The van der Waals surface area contributed by atoms with Crippen LogP contribution in [0.5, 0.6) is 0 Å². The molecule has 6 heteroatoms. The Bertz CT molecular complexity index is 1190. The van der Waals surface area contributed by atoms with Crippen molar-refractivity contribution in [2.45, 2.75) is 13.5 Å². The van der Waals surface area contributed by atoms with Crippen LogP contribution in [0.1, 0.15) is 33.2 Å². The highest BCUT2D eigenvalue weighted by Gasteiger charge is 2.22. The van der Waals surface area contributed by atoms with Gasteiger partial charge in [-0.2, -0.15) is 0 Å². The van der Waals surface area contributed by atoms with Gasteiger partial charge in [0, 0.05) is 11.1 Å². The Morgan fingerprint density at radius 1 is 0.966 bits per heavy atom. The number of anilines is 1. The highest BCUT2D eigenvalue weighted by Crippen LogP contribution is 2.31. The molecule has 0 spiro atoms. The molecule has 1 heterocycles. The summed E-state index contributed by atoms with van der Waals surface area (Å²) in [4.78, 5) is 31.0. The van der Waals surface area contributed by atoms with Crippen molar-refractivity contribution in [1.82, 2.24) is 4.98 Å². The van der Waals surface area contributed by atoms with Crippen LogP contribution in [0.2, 0.25) is 0 Å². The molecule has 0 saturated heterocycles. The summed E-state index contributed by atoms with van der Waals surface area (Å²) in [5.41, 5.74) is 2.60. The number of amides is 1. The third-order valence-electron chi connectivity index (χ3n) is 4.54. The van der Waals surface area contributed by atoms with Crippen LogP contribution < -0.4 is 4.90 Å². The Morgan fingerprint density at radius 3 is 2.34 bits per heavy atom. The number of rotatable bonds is 5. The van der Waals surface area contributed by atoms with Crippen LogP contribution in [-0.4, -0.2) is 16.7 Å². The van der Waals surface area contributed by atoms with Gasteiger partial charge in [-0.25, -0.2) is 9.37 Å². The van der Waals surface area contributed by atoms with Crippen molar-refractivity contribution in [3.63, 3.8) is 0 Å². The van der Waals surface area contributed by atoms with Crippen LogP contribution in [0.25, 0.3) is 10.2 Å². The van der Waals surface area contributed by atoms with Crippen molar-refractivity contribution in [3.8, 4) is 0 Å². The fourth-order valence-electron chi connectivity index (χ4n) is 3.00. The predicted molar refractivity (Wildman–Crippen MR) is 113 cm³/mol. The summed E-state index contributed by atoms with van der Waals surface area (Å²) in [6.45, 7) is 1.81. The average molecular weight is 404 g/mol. The fraction of sp³-hybridized carbons (Fsp3) is 0.0870. The van der Waals surface area contributed by atoms with Gasteiger partial charge in [-0.15, -0.1) is 0 Å². The molecule has 0 radical (unpaired) electrons.